The normalized spacial score (nSPS) is 10.3. The van der Waals surface area contributed by atoms with Crippen molar-refractivity contribution in [3.05, 3.63) is 57.7 Å². The van der Waals surface area contributed by atoms with Crippen LogP contribution in [0.2, 0.25) is 0 Å². The summed E-state index contributed by atoms with van der Waals surface area (Å²) in [6, 6.07) is 5.52. The predicted octanol–water partition coefficient (Wildman–Crippen LogP) is 1.77. The smallest absolute Gasteiger partial charge is 0.363 e. The van der Waals surface area contributed by atoms with Gasteiger partial charge in [0.25, 0.3) is 0 Å². The van der Waals surface area contributed by atoms with Gasteiger partial charge in [-0.15, -0.1) is 0 Å². The Labute approximate surface area is 112 Å². The minimum absolute atomic E-state index is 0.0958. The summed E-state index contributed by atoms with van der Waals surface area (Å²) in [6.45, 7) is 0.0958. The molecule has 0 saturated carbocycles. The standard InChI is InChI=1S/C12H10FN3O4/c1-20-12(17)11-10(16(18)19)6-14-15(11)7-8-2-4-9(13)5-3-8/h2-6H,7H2,1H3. The molecule has 0 unspecified atom stereocenters. The Balaban J connectivity index is 2.39. The zero-order valence-corrected chi connectivity index (χ0v) is 10.4. The molecule has 8 heteroatoms. The third-order valence-electron chi connectivity index (χ3n) is 2.64. The number of nitro groups is 1. The molecule has 0 amide bonds. The highest BCUT2D eigenvalue weighted by Gasteiger charge is 2.27. The number of rotatable bonds is 4. The molecule has 2 aromatic rings. The number of hydrogen-bond acceptors (Lipinski definition) is 5. The van der Waals surface area contributed by atoms with Gasteiger partial charge in [0.1, 0.15) is 12.0 Å². The minimum atomic E-state index is -0.851. The zero-order valence-electron chi connectivity index (χ0n) is 10.4. The largest absolute Gasteiger partial charge is 0.464 e. The Bertz CT molecular complexity index is 651. The van der Waals surface area contributed by atoms with E-state index in [4.69, 9.17) is 0 Å². The van der Waals surface area contributed by atoms with Gasteiger partial charge in [-0.25, -0.2) is 13.9 Å². The van der Waals surface area contributed by atoms with E-state index in [-0.39, 0.29) is 12.2 Å². The van der Waals surface area contributed by atoms with E-state index in [0.29, 0.717) is 5.56 Å². The molecular formula is C12H10FN3O4. The molecule has 2 rings (SSSR count). The van der Waals surface area contributed by atoms with Crippen molar-refractivity contribution in [3.8, 4) is 0 Å². The number of aromatic nitrogens is 2. The van der Waals surface area contributed by atoms with E-state index in [1.807, 2.05) is 0 Å². The molecule has 0 fully saturated rings. The summed E-state index contributed by atoms with van der Waals surface area (Å²) in [7, 11) is 1.13. The van der Waals surface area contributed by atoms with Crippen LogP contribution in [0.1, 0.15) is 16.1 Å². The highest BCUT2D eigenvalue weighted by atomic mass is 19.1. The van der Waals surface area contributed by atoms with Crippen molar-refractivity contribution in [2.24, 2.45) is 0 Å². The van der Waals surface area contributed by atoms with Crippen molar-refractivity contribution in [1.82, 2.24) is 9.78 Å². The second-order valence-corrected chi connectivity index (χ2v) is 3.91. The van der Waals surface area contributed by atoms with Crippen molar-refractivity contribution < 1.29 is 18.8 Å². The molecule has 0 spiro atoms. The Kier molecular flexibility index (Phi) is 3.74. The number of carbonyl (C=O) groups excluding carboxylic acids is 1. The van der Waals surface area contributed by atoms with E-state index in [1.54, 1.807) is 0 Å². The van der Waals surface area contributed by atoms with Crippen molar-refractivity contribution in [3.63, 3.8) is 0 Å². The number of methoxy groups -OCH3 is 1. The molecule has 0 N–H and O–H groups in total. The molecule has 0 bridgehead atoms. The first-order valence-electron chi connectivity index (χ1n) is 5.56. The average molecular weight is 279 g/mol. The fraction of sp³-hybridized carbons (Fsp3) is 0.167. The van der Waals surface area contributed by atoms with E-state index in [0.717, 1.165) is 18.0 Å². The van der Waals surface area contributed by atoms with Crippen LogP contribution < -0.4 is 0 Å². The molecule has 1 heterocycles. The van der Waals surface area contributed by atoms with Crippen molar-refractivity contribution >= 4 is 11.7 Å². The van der Waals surface area contributed by atoms with Crippen molar-refractivity contribution in [2.75, 3.05) is 7.11 Å². The number of ether oxygens (including phenoxy) is 1. The molecule has 1 aromatic carbocycles. The van der Waals surface area contributed by atoms with Crippen LogP contribution in [-0.4, -0.2) is 27.8 Å². The van der Waals surface area contributed by atoms with Gasteiger partial charge in [0, 0.05) is 0 Å². The van der Waals surface area contributed by atoms with Gasteiger partial charge in [0.05, 0.1) is 18.6 Å². The molecule has 7 nitrogen and oxygen atoms in total. The highest BCUT2D eigenvalue weighted by molar-refractivity contribution is 5.91. The van der Waals surface area contributed by atoms with Gasteiger partial charge in [-0.3, -0.25) is 10.1 Å². The summed E-state index contributed by atoms with van der Waals surface area (Å²) >= 11 is 0. The van der Waals surface area contributed by atoms with Gasteiger partial charge in [0.15, 0.2) is 0 Å². The molecular weight excluding hydrogens is 269 g/mol. The number of halogens is 1. The summed E-state index contributed by atoms with van der Waals surface area (Å²) in [6.07, 6.45) is 0.982. The highest BCUT2D eigenvalue weighted by Crippen LogP contribution is 2.19. The Morgan fingerprint density at radius 2 is 2.10 bits per heavy atom. The average Bonchev–Trinajstić information content (AvgIpc) is 2.84. The zero-order chi connectivity index (χ0) is 14.7. The van der Waals surface area contributed by atoms with E-state index in [9.17, 15) is 19.3 Å². The summed E-state index contributed by atoms with van der Waals surface area (Å²) in [5.74, 6) is -1.25. The maximum Gasteiger partial charge on any atom is 0.363 e. The van der Waals surface area contributed by atoms with Crippen LogP contribution in [0.15, 0.2) is 30.5 Å². The van der Waals surface area contributed by atoms with Gasteiger partial charge < -0.3 is 4.74 Å². The SMILES string of the molecule is COC(=O)c1c([N+](=O)[O-])cnn1Cc1ccc(F)cc1. The molecule has 0 radical (unpaired) electrons. The van der Waals surface area contributed by atoms with E-state index >= 15 is 0 Å². The molecule has 0 saturated heterocycles. The predicted molar refractivity (Wildman–Crippen MR) is 65.7 cm³/mol. The fourth-order valence-corrected chi connectivity index (χ4v) is 1.70. The van der Waals surface area contributed by atoms with Gasteiger partial charge in [-0.05, 0) is 17.7 Å². The van der Waals surface area contributed by atoms with Crippen LogP contribution in [0.25, 0.3) is 0 Å². The Morgan fingerprint density at radius 1 is 1.45 bits per heavy atom. The van der Waals surface area contributed by atoms with Crippen LogP contribution in [0.5, 0.6) is 0 Å². The van der Waals surface area contributed by atoms with Crippen LogP contribution in [0.4, 0.5) is 10.1 Å². The van der Waals surface area contributed by atoms with E-state index in [1.165, 1.54) is 24.3 Å². The summed E-state index contributed by atoms with van der Waals surface area (Å²) in [5.41, 5.74) is -0.0321. The Morgan fingerprint density at radius 3 is 2.65 bits per heavy atom. The number of carbonyl (C=O) groups is 1. The molecule has 0 aliphatic heterocycles. The van der Waals surface area contributed by atoms with Crippen LogP contribution in [0.3, 0.4) is 0 Å². The molecule has 0 atom stereocenters. The number of nitrogens with zero attached hydrogens (tertiary/aromatic N) is 3. The molecule has 20 heavy (non-hydrogen) atoms. The maximum absolute atomic E-state index is 12.8. The van der Waals surface area contributed by atoms with Crippen LogP contribution >= 0.6 is 0 Å². The second kappa shape index (κ2) is 5.47. The molecule has 0 aliphatic rings. The number of esters is 1. The lowest BCUT2D eigenvalue weighted by Crippen LogP contribution is -2.14. The summed E-state index contributed by atoms with van der Waals surface area (Å²) in [4.78, 5) is 21.8. The summed E-state index contributed by atoms with van der Waals surface area (Å²) in [5, 5.41) is 14.7. The van der Waals surface area contributed by atoms with Gasteiger partial charge in [-0.2, -0.15) is 5.10 Å². The fourth-order valence-electron chi connectivity index (χ4n) is 1.70. The second-order valence-electron chi connectivity index (χ2n) is 3.91. The van der Waals surface area contributed by atoms with Crippen LogP contribution in [0, 0.1) is 15.9 Å². The third kappa shape index (κ3) is 2.63. The lowest BCUT2D eigenvalue weighted by molar-refractivity contribution is -0.385. The monoisotopic (exact) mass is 279 g/mol. The molecule has 0 aliphatic carbocycles. The lowest BCUT2D eigenvalue weighted by Gasteiger charge is -2.05. The summed E-state index contributed by atoms with van der Waals surface area (Å²) < 4.78 is 18.5. The molecule has 1 aromatic heterocycles. The number of benzene rings is 1. The molecule has 104 valence electrons. The van der Waals surface area contributed by atoms with Crippen LogP contribution in [-0.2, 0) is 11.3 Å². The van der Waals surface area contributed by atoms with Gasteiger partial charge >= 0.3 is 11.7 Å². The quantitative estimate of drug-likeness (QED) is 0.483. The topological polar surface area (TPSA) is 87.3 Å². The minimum Gasteiger partial charge on any atom is -0.464 e. The number of hydrogen-bond donors (Lipinski definition) is 0. The van der Waals surface area contributed by atoms with Gasteiger partial charge in [-0.1, -0.05) is 12.1 Å². The lowest BCUT2D eigenvalue weighted by atomic mass is 10.2. The Hall–Kier alpha value is -2.77. The third-order valence-corrected chi connectivity index (χ3v) is 2.64. The van der Waals surface area contributed by atoms with Crippen molar-refractivity contribution in [2.45, 2.75) is 6.54 Å². The van der Waals surface area contributed by atoms with E-state index in [2.05, 4.69) is 9.84 Å². The van der Waals surface area contributed by atoms with Crippen molar-refractivity contribution in [1.29, 1.82) is 0 Å². The first-order chi connectivity index (χ1) is 9.52. The maximum atomic E-state index is 12.8. The van der Waals surface area contributed by atoms with E-state index < -0.39 is 22.4 Å². The van der Waals surface area contributed by atoms with Gasteiger partial charge in [0.2, 0.25) is 5.69 Å². The first kappa shape index (κ1) is 13.7. The first-order valence-corrected chi connectivity index (χ1v) is 5.56.